The number of aliphatic hydroxyl groups is 1. The summed E-state index contributed by atoms with van der Waals surface area (Å²) in [5, 5.41) is 12.6. The maximum Gasteiger partial charge on any atom is 0.0433 e. The van der Waals surface area contributed by atoms with Crippen molar-refractivity contribution in [2.24, 2.45) is 5.92 Å². The maximum atomic E-state index is 8.94. The third kappa shape index (κ3) is 3.28. The summed E-state index contributed by atoms with van der Waals surface area (Å²) >= 11 is 0. The van der Waals surface area contributed by atoms with Gasteiger partial charge >= 0.3 is 0 Å². The van der Waals surface area contributed by atoms with Crippen LogP contribution in [0, 0.1) is 5.92 Å². The van der Waals surface area contributed by atoms with Crippen LogP contribution in [0.5, 0.6) is 0 Å². The molecule has 1 aliphatic heterocycles. The maximum absolute atomic E-state index is 8.94. The minimum atomic E-state index is 0.224. The van der Waals surface area contributed by atoms with Crippen LogP contribution in [0.3, 0.4) is 0 Å². The standard InChI is InChI=1S/C11H23NO/c1-10(2)7-9(5-6-13)8-11(3,4)12-10/h9,12-13H,5-8H2,1-4H3. The first-order valence-corrected chi connectivity index (χ1v) is 5.25. The Morgan fingerprint density at radius 2 is 1.62 bits per heavy atom. The third-order valence-corrected chi connectivity index (χ3v) is 2.81. The number of aliphatic hydroxyl groups excluding tert-OH is 1. The van der Waals surface area contributed by atoms with Crippen LogP contribution in [0.4, 0.5) is 0 Å². The number of rotatable bonds is 2. The number of hydrogen-bond donors (Lipinski definition) is 2. The van der Waals surface area contributed by atoms with Gasteiger partial charge in [0.25, 0.3) is 0 Å². The van der Waals surface area contributed by atoms with Gasteiger partial charge in [0.05, 0.1) is 0 Å². The van der Waals surface area contributed by atoms with Gasteiger partial charge in [-0.05, 0) is 52.9 Å². The Labute approximate surface area is 81.7 Å². The van der Waals surface area contributed by atoms with Gasteiger partial charge in [0.1, 0.15) is 0 Å². The lowest BCUT2D eigenvalue weighted by Gasteiger charge is -2.46. The molecule has 1 rings (SSSR count). The zero-order chi connectivity index (χ0) is 10.1. The molecule has 0 spiro atoms. The Balaban J connectivity index is 2.61. The molecule has 0 radical (unpaired) electrons. The minimum Gasteiger partial charge on any atom is -0.396 e. The second-order valence-corrected chi connectivity index (χ2v) is 5.68. The Kier molecular flexibility index (Phi) is 3.03. The molecular formula is C11H23NO. The van der Waals surface area contributed by atoms with E-state index in [9.17, 15) is 0 Å². The predicted octanol–water partition coefficient (Wildman–Crippen LogP) is 1.93. The van der Waals surface area contributed by atoms with E-state index < -0.39 is 0 Å². The van der Waals surface area contributed by atoms with Crippen LogP contribution in [-0.4, -0.2) is 22.8 Å². The van der Waals surface area contributed by atoms with E-state index in [1.54, 1.807) is 0 Å². The van der Waals surface area contributed by atoms with Crippen LogP contribution in [0.25, 0.3) is 0 Å². The van der Waals surface area contributed by atoms with E-state index >= 15 is 0 Å². The van der Waals surface area contributed by atoms with E-state index in [1.165, 1.54) is 12.8 Å². The van der Waals surface area contributed by atoms with Crippen molar-refractivity contribution in [2.45, 2.75) is 58.0 Å². The smallest absolute Gasteiger partial charge is 0.0433 e. The fourth-order valence-electron chi connectivity index (χ4n) is 2.92. The molecular weight excluding hydrogens is 162 g/mol. The lowest BCUT2D eigenvalue weighted by molar-refractivity contribution is 0.109. The van der Waals surface area contributed by atoms with E-state index in [4.69, 9.17) is 5.11 Å². The van der Waals surface area contributed by atoms with Crippen molar-refractivity contribution in [2.75, 3.05) is 6.61 Å². The highest BCUT2D eigenvalue weighted by atomic mass is 16.3. The molecule has 0 aliphatic carbocycles. The highest BCUT2D eigenvalue weighted by molar-refractivity contribution is 4.96. The van der Waals surface area contributed by atoms with Gasteiger partial charge in [-0.1, -0.05) is 0 Å². The topological polar surface area (TPSA) is 32.3 Å². The van der Waals surface area contributed by atoms with Gasteiger partial charge < -0.3 is 10.4 Å². The summed E-state index contributed by atoms with van der Waals surface area (Å²) in [6.45, 7) is 9.32. The molecule has 0 aromatic heterocycles. The Morgan fingerprint density at radius 3 is 2.00 bits per heavy atom. The van der Waals surface area contributed by atoms with Crippen molar-refractivity contribution in [3.05, 3.63) is 0 Å². The Morgan fingerprint density at radius 1 is 1.15 bits per heavy atom. The SMILES string of the molecule is CC1(C)CC(CCO)CC(C)(C)N1. The van der Waals surface area contributed by atoms with E-state index in [-0.39, 0.29) is 11.1 Å². The van der Waals surface area contributed by atoms with Crippen LogP contribution in [0.15, 0.2) is 0 Å². The first-order chi connectivity index (χ1) is 5.85. The van der Waals surface area contributed by atoms with Crippen LogP contribution in [0.2, 0.25) is 0 Å². The first-order valence-electron chi connectivity index (χ1n) is 5.25. The highest BCUT2D eigenvalue weighted by Gasteiger charge is 2.36. The van der Waals surface area contributed by atoms with Crippen molar-refractivity contribution in [1.29, 1.82) is 0 Å². The summed E-state index contributed by atoms with van der Waals surface area (Å²) in [4.78, 5) is 0. The molecule has 0 aromatic rings. The molecule has 0 aromatic carbocycles. The molecule has 2 heteroatoms. The number of piperidine rings is 1. The molecule has 1 saturated heterocycles. The molecule has 1 aliphatic rings. The van der Waals surface area contributed by atoms with Crippen molar-refractivity contribution < 1.29 is 5.11 Å². The molecule has 2 N–H and O–H groups in total. The predicted molar refractivity (Wildman–Crippen MR) is 55.7 cm³/mol. The van der Waals surface area contributed by atoms with Crippen LogP contribution >= 0.6 is 0 Å². The van der Waals surface area contributed by atoms with Gasteiger partial charge in [-0.15, -0.1) is 0 Å². The van der Waals surface area contributed by atoms with E-state index in [0.29, 0.717) is 12.5 Å². The fraction of sp³-hybridized carbons (Fsp3) is 1.00. The number of hydrogen-bond acceptors (Lipinski definition) is 2. The normalized spacial score (nSPS) is 27.5. The quantitative estimate of drug-likeness (QED) is 0.689. The van der Waals surface area contributed by atoms with Crippen LogP contribution < -0.4 is 5.32 Å². The monoisotopic (exact) mass is 185 g/mol. The van der Waals surface area contributed by atoms with Gasteiger partial charge in [0.15, 0.2) is 0 Å². The molecule has 0 saturated carbocycles. The molecule has 78 valence electrons. The zero-order valence-corrected chi connectivity index (χ0v) is 9.35. The summed E-state index contributed by atoms with van der Waals surface area (Å²) < 4.78 is 0. The number of nitrogens with one attached hydrogen (secondary N) is 1. The third-order valence-electron chi connectivity index (χ3n) is 2.81. The molecule has 1 heterocycles. The fourth-order valence-corrected chi connectivity index (χ4v) is 2.92. The minimum absolute atomic E-state index is 0.224. The second kappa shape index (κ2) is 3.58. The van der Waals surface area contributed by atoms with E-state index in [1.807, 2.05) is 0 Å². The highest BCUT2D eigenvalue weighted by Crippen LogP contribution is 2.34. The first kappa shape index (κ1) is 11.0. The summed E-state index contributed by atoms with van der Waals surface area (Å²) in [6.07, 6.45) is 3.31. The molecule has 2 nitrogen and oxygen atoms in total. The molecule has 0 unspecified atom stereocenters. The van der Waals surface area contributed by atoms with Crippen LogP contribution in [-0.2, 0) is 0 Å². The Bertz CT molecular complexity index is 159. The summed E-state index contributed by atoms with van der Waals surface area (Å²) in [5.41, 5.74) is 0.448. The largest absolute Gasteiger partial charge is 0.396 e. The van der Waals surface area contributed by atoms with Gasteiger partial charge in [0, 0.05) is 17.7 Å². The molecule has 0 bridgehead atoms. The lowest BCUT2D eigenvalue weighted by Crippen LogP contribution is -2.57. The van der Waals surface area contributed by atoms with Gasteiger partial charge in [-0.25, -0.2) is 0 Å². The Hall–Kier alpha value is -0.0800. The van der Waals surface area contributed by atoms with Gasteiger partial charge in [-0.2, -0.15) is 0 Å². The lowest BCUT2D eigenvalue weighted by atomic mass is 9.75. The van der Waals surface area contributed by atoms with Gasteiger partial charge in [0.2, 0.25) is 0 Å². The van der Waals surface area contributed by atoms with E-state index in [2.05, 4.69) is 33.0 Å². The summed E-state index contributed by atoms with van der Waals surface area (Å²) in [6, 6.07) is 0. The molecule has 0 atom stereocenters. The average Bonchev–Trinajstić information content (AvgIpc) is 1.78. The van der Waals surface area contributed by atoms with Crippen molar-refractivity contribution in [3.8, 4) is 0 Å². The van der Waals surface area contributed by atoms with Crippen molar-refractivity contribution >= 4 is 0 Å². The summed E-state index contributed by atoms with van der Waals surface area (Å²) in [7, 11) is 0. The van der Waals surface area contributed by atoms with Crippen molar-refractivity contribution in [3.63, 3.8) is 0 Å². The zero-order valence-electron chi connectivity index (χ0n) is 9.35. The molecule has 13 heavy (non-hydrogen) atoms. The molecule has 1 fully saturated rings. The van der Waals surface area contributed by atoms with Crippen LogP contribution in [0.1, 0.15) is 47.0 Å². The van der Waals surface area contributed by atoms with Crippen molar-refractivity contribution in [1.82, 2.24) is 5.32 Å². The second-order valence-electron chi connectivity index (χ2n) is 5.68. The van der Waals surface area contributed by atoms with E-state index in [0.717, 1.165) is 6.42 Å². The average molecular weight is 185 g/mol. The molecule has 0 amide bonds. The summed E-state index contributed by atoms with van der Waals surface area (Å²) in [5.74, 6) is 0.677. The van der Waals surface area contributed by atoms with Gasteiger partial charge in [-0.3, -0.25) is 0 Å².